The van der Waals surface area contributed by atoms with Crippen molar-refractivity contribution in [3.05, 3.63) is 0 Å². The summed E-state index contributed by atoms with van der Waals surface area (Å²) in [7, 11) is 0. The summed E-state index contributed by atoms with van der Waals surface area (Å²) in [5.41, 5.74) is 0. The van der Waals surface area contributed by atoms with Crippen LogP contribution in [0.15, 0.2) is 0 Å². The molecule has 0 radical (unpaired) electrons. The van der Waals surface area contributed by atoms with Gasteiger partial charge >= 0.3 is 0 Å². The molecule has 9 heavy (non-hydrogen) atoms. The molecule has 2 N–H and O–H groups in total. The van der Waals surface area contributed by atoms with Crippen molar-refractivity contribution >= 4 is 0 Å². The Kier molecular flexibility index (Phi) is 1.70. The second-order valence-electron chi connectivity index (χ2n) is 2.17. The number of rotatable bonds is 0. The van der Waals surface area contributed by atoms with Crippen LogP contribution in [0.3, 0.4) is 0 Å². The molecule has 0 saturated carbocycles. The maximum Gasteiger partial charge on any atom is 0.199 e. The third-order valence-corrected chi connectivity index (χ3v) is 1.38. The van der Waals surface area contributed by atoms with Crippen LogP contribution in [0.1, 0.15) is 6.42 Å². The normalized spacial score (nSPS) is 34.3. The standard InChI is InChI=1S/C5H9FO3/c6-4-3-9-2-1-5(4,7)8/h4,7-8H,1-3H2/t4-/m1/s1. The molecule has 0 aromatic carbocycles. The van der Waals surface area contributed by atoms with Gasteiger partial charge in [0.05, 0.1) is 13.2 Å². The molecule has 1 aliphatic heterocycles. The van der Waals surface area contributed by atoms with Gasteiger partial charge in [0, 0.05) is 6.42 Å². The Balaban J connectivity index is 2.49. The van der Waals surface area contributed by atoms with Gasteiger partial charge in [-0.1, -0.05) is 0 Å². The fourth-order valence-corrected chi connectivity index (χ4v) is 0.699. The molecule has 4 heteroatoms. The Hall–Kier alpha value is -0.190. The second kappa shape index (κ2) is 2.21. The van der Waals surface area contributed by atoms with E-state index in [2.05, 4.69) is 4.74 Å². The number of aliphatic hydroxyl groups is 2. The highest BCUT2D eigenvalue weighted by atomic mass is 19.1. The lowest BCUT2D eigenvalue weighted by Gasteiger charge is -2.29. The average Bonchev–Trinajstić information content (AvgIpc) is 1.77. The number of alkyl halides is 1. The minimum absolute atomic E-state index is 0.0475. The van der Waals surface area contributed by atoms with Gasteiger partial charge in [-0.05, 0) is 0 Å². The SMILES string of the molecule is OC1(O)CCOC[C@H]1F. The van der Waals surface area contributed by atoms with Crippen molar-refractivity contribution < 1.29 is 19.3 Å². The summed E-state index contributed by atoms with van der Waals surface area (Å²) in [4.78, 5) is 0. The molecule has 0 spiro atoms. The average molecular weight is 136 g/mol. The lowest BCUT2D eigenvalue weighted by Crippen LogP contribution is -2.46. The zero-order chi connectivity index (χ0) is 6.91. The molecule has 0 aromatic rings. The zero-order valence-electron chi connectivity index (χ0n) is 4.88. The second-order valence-corrected chi connectivity index (χ2v) is 2.17. The van der Waals surface area contributed by atoms with E-state index in [4.69, 9.17) is 10.2 Å². The van der Waals surface area contributed by atoms with Crippen LogP contribution in [0, 0.1) is 0 Å². The smallest absolute Gasteiger partial charge is 0.199 e. The summed E-state index contributed by atoms with van der Waals surface area (Å²) in [5, 5.41) is 17.5. The summed E-state index contributed by atoms with van der Waals surface area (Å²) >= 11 is 0. The maximum absolute atomic E-state index is 12.3. The zero-order valence-corrected chi connectivity index (χ0v) is 4.88. The van der Waals surface area contributed by atoms with Crippen LogP contribution in [-0.4, -0.2) is 35.4 Å². The van der Waals surface area contributed by atoms with E-state index in [1.165, 1.54) is 0 Å². The summed E-state index contributed by atoms with van der Waals surface area (Å²) in [6.45, 7) is 0.000417. The van der Waals surface area contributed by atoms with E-state index in [0.717, 1.165) is 0 Å². The Labute approximate surface area is 52.1 Å². The van der Waals surface area contributed by atoms with E-state index in [9.17, 15) is 4.39 Å². The Morgan fingerprint density at radius 1 is 1.56 bits per heavy atom. The van der Waals surface area contributed by atoms with E-state index in [1.54, 1.807) is 0 Å². The van der Waals surface area contributed by atoms with Gasteiger partial charge in [0.15, 0.2) is 12.0 Å². The third-order valence-electron chi connectivity index (χ3n) is 1.38. The summed E-state index contributed by atoms with van der Waals surface area (Å²) in [6.07, 6.45) is -1.71. The van der Waals surface area contributed by atoms with E-state index in [1.807, 2.05) is 0 Å². The predicted molar refractivity (Wildman–Crippen MR) is 27.5 cm³/mol. The minimum atomic E-state index is -2.15. The Bertz CT molecular complexity index is 104. The van der Waals surface area contributed by atoms with Gasteiger partial charge in [0.25, 0.3) is 0 Å². The van der Waals surface area contributed by atoms with Crippen LogP contribution in [-0.2, 0) is 4.74 Å². The summed E-state index contributed by atoms with van der Waals surface area (Å²) in [5.74, 6) is -2.15. The van der Waals surface area contributed by atoms with Gasteiger partial charge in [-0.2, -0.15) is 0 Å². The number of halogens is 1. The molecule has 0 bridgehead atoms. The molecule has 0 unspecified atom stereocenters. The lowest BCUT2D eigenvalue weighted by molar-refractivity contribution is -0.246. The molecule has 0 amide bonds. The highest BCUT2D eigenvalue weighted by molar-refractivity contribution is 4.78. The van der Waals surface area contributed by atoms with Crippen molar-refractivity contribution in [3.8, 4) is 0 Å². The van der Waals surface area contributed by atoms with Gasteiger partial charge in [-0.15, -0.1) is 0 Å². The molecule has 1 rings (SSSR count). The quantitative estimate of drug-likeness (QED) is 0.438. The van der Waals surface area contributed by atoms with Crippen molar-refractivity contribution in [2.75, 3.05) is 13.2 Å². The monoisotopic (exact) mass is 136 g/mol. The van der Waals surface area contributed by atoms with Gasteiger partial charge in [-0.25, -0.2) is 4.39 Å². The first-order valence-corrected chi connectivity index (χ1v) is 2.79. The van der Waals surface area contributed by atoms with Crippen LogP contribution in [0.4, 0.5) is 4.39 Å². The summed E-state index contributed by atoms with van der Waals surface area (Å²) in [6, 6.07) is 0. The molecule has 1 atom stereocenters. The first kappa shape index (κ1) is 6.92. The van der Waals surface area contributed by atoms with E-state index in [0.29, 0.717) is 0 Å². The number of hydrogen-bond donors (Lipinski definition) is 2. The highest BCUT2D eigenvalue weighted by Gasteiger charge is 2.37. The van der Waals surface area contributed by atoms with Crippen LogP contribution in [0.2, 0.25) is 0 Å². The molecule has 1 heterocycles. The van der Waals surface area contributed by atoms with Gasteiger partial charge in [-0.3, -0.25) is 0 Å². The Morgan fingerprint density at radius 2 is 2.22 bits per heavy atom. The Morgan fingerprint density at radius 3 is 2.56 bits per heavy atom. The van der Waals surface area contributed by atoms with Gasteiger partial charge in [0.2, 0.25) is 0 Å². The summed E-state index contributed by atoms with van der Waals surface area (Å²) < 4.78 is 17.0. The van der Waals surface area contributed by atoms with Crippen molar-refractivity contribution in [3.63, 3.8) is 0 Å². The topological polar surface area (TPSA) is 49.7 Å². The van der Waals surface area contributed by atoms with Crippen LogP contribution >= 0.6 is 0 Å². The van der Waals surface area contributed by atoms with E-state index in [-0.39, 0.29) is 19.6 Å². The molecule has 1 aliphatic rings. The maximum atomic E-state index is 12.3. The van der Waals surface area contributed by atoms with Crippen molar-refractivity contribution in [2.45, 2.75) is 18.4 Å². The molecular formula is C5H9FO3. The fourth-order valence-electron chi connectivity index (χ4n) is 0.699. The first-order chi connectivity index (χ1) is 4.13. The van der Waals surface area contributed by atoms with Gasteiger partial charge in [0.1, 0.15) is 0 Å². The molecule has 1 fully saturated rings. The van der Waals surface area contributed by atoms with Crippen molar-refractivity contribution in [1.29, 1.82) is 0 Å². The lowest BCUT2D eigenvalue weighted by atomic mass is 10.1. The van der Waals surface area contributed by atoms with Crippen LogP contribution < -0.4 is 0 Å². The number of hydrogen-bond acceptors (Lipinski definition) is 3. The van der Waals surface area contributed by atoms with Crippen LogP contribution in [0.25, 0.3) is 0 Å². The predicted octanol–water partition coefficient (Wildman–Crippen LogP) is -0.574. The molecular weight excluding hydrogens is 127 g/mol. The van der Waals surface area contributed by atoms with E-state index < -0.39 is 12.0 Å². The van der Waals surface area contributed by atoms with E-state index >= 15 is 0 Å². The largest absolute Gasteiger partial charge is 0.378 e. The molecule has 54 valence electrons. The fraction of sp³-hybridized carbons (Fsp3) is 1.00. The molecule has 3 nitrogen and oxygen atoms in total. The third kappa shape index (κ3) is 1.38. The van der Waals surface area contributed by atoms with Gasteiger partial charge < -0.3 is 14.9 Å². The molecule has 0 aliphatic carbocycles. The first-order valence-electron chi connectivity index (χ1n) is 2.79. The minimum Gasteiger partial charge on any atom is -0.378 e. The van der Waals surface area contributed by atoms with Crippen molar-refractivity contribution in [2.24, 2.45) is 0 Å². The number of ether oxygens (including phenoxy) is 1. The van der Waals surface area contributed by atoms with Crippen molar-refractivity contribution in [1.82, 2.24) is 0 Å². The molecule has 0 aromatic heterocycles. The molecule has 1 saturated heterocycles. The highest BCUT2D eigenvalue weighted by Crippen LogP contribution is 2.19. The van der Waals surface area contributed by atoms with Crippen LogP contribution in [0.5, 0.6) is 0 Å².